The van der Waals surface area contributed by atoms with Gasteiger partial charge in [0.05, 0.1) is 38.9 Å². The van der Waals surface area contributed by atoms with Gasteiger partial charge in [-0.05, 0) is 79.9 Å². The summed E-state index contributed by atoms with van der Waals surface area (Å²) in [7, 11) is 2.79. The van der Waals surface area contributed by atoms with Gasteiger partial charge in [0.15, 0.2) is 0 Å². The first-order valence-corrected chi connectivity index (χ1v) is 15.3. The number of methoxy groups -OCH3 is 2. The summed E-state index contributed by atoms with van der Waals surface area (Å²) in [4.78, 5) is 26.0. The van der Waals surface area contributed by atoms with E-state index in [4.69, 9.17) is 4.74 Å². The zero-order chi connectivity index (χ0) is 34.2. The van der Waals surface area contributed by atoms with E-state index in [0.717, 1.165) is 5.56 Å². The number of aliphatic hydroxyl groups is 2. The van der Waals surface area contributed by atoms with Gasteiger partial charge in [0.25, 0.3) is 5.91 Å². The molecule has 47 heavy (non-hydrogen) atoms. The smallest absolute Gasteiger partial charge is 0.308 e. The van der Waals surface area contributed by atoms with Crippen LogP contribution in [0.3, 0.4) is 0 Å². The van der Waals surface area contributed by atoms with Crippen LogP contribution < -0.4 is 10.1 Å². The zero-order valence-electron chi connectivity index (χ0n) is 27.0. The van der Waals surface area contributed by atoms with E-state index in [1.807, 2.05) is 49.6 Å². The van der Waals surface area contributed by atoms with Gasteiger partial charge in [-0.3, -0.25) is 9.59 Å². The number of hydrogen-bond donors (Lipinski definition) is 3. The summed E-state index contributed by atoms with van der Waals surface area (Å²) in [5.41, 5.74) is 3.84. The molecule has 0 fully saturated rings. The minimum absolute atomic E-state index is 0.141. The lowest BCUT2D eigenvalue weighted by atomic mass is 9.94. The third kappa shape index (κ3) is 8.52. The Bertz CT molecular complexity index is 1700. The number of carbonyl (C=O) groups is 2. The van der Waals surface area contributed by atoms with Crippen LogP contribution in [0.5, 0.6) is 5.75 Å². The summed E-state index contributed by atoms with van der Waals surface area (Å²) in [5.74, 6) is -1.23. The number of aromatic nitrogens is 1. The predicted molar refractivity (Wildman–Crippen MR) is 177 cm³/mol. The minimum atomic E-state index is -1.16. The van der Waals surface area contributed by atoms with Crippen molar-refractivity contribution in [1.29, 1.82) is 0 Å². The highest BCUT2D eigenvalue weighted by Gasteiger charge is 2.30. The van der Waals surface area contributed by atoms with Gasteiger partial charge < -0.3 is 29.6 Å². The van der Waals surface area contributed by atoms with Crippen LogP contribution in [-0.4, -0.2) is 53.1 Å². The molecule has 0 spiro atoms. The van der Waals surface area contributed by atoms with Gasteiger partial charge >= 0.3 is 5.97 Å². The van der Waals surface area contributed by atoms with E-state index in [1.165, 1.54) is 37.5 Å². The van der Waals surface area contributed by atoms with Crippen molar-refractivity contribution < 1.29 is 38.1 Å². The van der Waals surface area contributed by atoms with Gasteiger partial charge in [0.1, 0.15) is 23.1 Å². The molecule has 248 valence electrons. The second-order valence-corrected chi connectivity index (χ2v) is 11.5. The molecule has 0 saturated heterocycles. The van der Waals surface area contributed by atoms with Crippen LogP contribution >= 0.6 is 0 Å². The Morgan fingerprint density at radius 2 is 1.40 bits per heavy atom. The van der Waals surface area contributed by atoms with Crippen molar-refractivity contribution >= 4 is 18.0 Å². The predicted octanol–water partition coefficient (Wildman–Crippen LogP) is 6.87. The van der Waals surface area contributed by atoms with Crippen molar-refractivity contribution in [2.24, 2.45) is 0 Å². The molecule has 0 saturated carbocycles. The molecule has 0 unspecified atom stereocenters. The maximum absolute atomic E-state index is 14.4. The van der Waals surface area contributed by atoms with E-state index >= 15 is 0 Å². The lowest BCUT2D eigenvalue weighted by Crippen LogP contribution is -2.29. The fourth-order valence-corrected chi connectivity index (χ4v) is 5.50. The first-order chi connectivity index (χ1) is 22.4. The largest absolute Gasteiger partial charge is 0.497 e. The van der Waals surface area contributed by atoms with Crippen molar-refractivity contribution in [3.8, 4) is 28.0 Å². The lowest BCUT2D eigenvalue weighted by molar-refractivity contribution is -0.143. The molecule has 3 aromatic carbocycles. The van der Waals surface area contributed by atoms with Crippen molar-refractivity contribution in [2.45, 2.75) is 57.9 Å². The Morgan fingerprint density at radius 3 is 1.91 bits per heavy atom. The fourth-order valence-electron chi connectivity index (χ4n) is 5.50. The van der Waals surface area contributed by atoms with Gasteiger partial charge in [-0.25, -0.2) is 8.78 Å². The van der Waals surface area contributed by atoms with Crippen molar-refractivity contribution in [3.05, 3.63) is 107 Å². The summed E-state index contributed by atoms with van der Waals surface area (Å²) < 4.78 is 40.0. The van der Waals surface area contributed by atoms with Crippen molar-refractivity contribution in [1.82, 2.24) is 9.88 Å². The van der Waals surface area contributed by atoms with Crippen LogP contribution in [0.15, 0.2) is 78.9 Å². The summed E-state index contributed by atoms with van der Waals surface area (Å²) in [5, 5.41) is 24.2. The minimum Gasteiger partial charge on any atom is -0.497 e. The Labute approximate surface area is 273 Å². The standard InChI is InChI=1S/C37H40F2N2O6/c1-22(2)41-32(19-16-29(42)20-30(43)21-33(44)47-5)34(25-6-12-27(38)13-7-25)35(26-8-14-28(39)15-9-26)36(41)37(45)40-23(3)24-10-17-31(46-4)18-11-24/h6-19,22-23,29-30,42-43H,20-21H2,1-5H3,(H,40,45)/t23-,29-,30-/m1/s1. The molecule has 0 aliphatic rings. The number of esters is 1. The van der Waals surface area contributed by atoms with Crippen LogP contribution in [0.4, 0.5) is 8.78 Å². The molecule has 0 radical (unpaired) electrons. The van der Waals surface area contributed by atoms with E-state index in [9.17, 15) is 28.6 Å². The number of carbonyl (C=O) groups excluding carboxylic acids is 2. The van der Waals surface area contributed by atoms with E-state index in [2.05, 4.69) is 10.1 Å². The number of rotatable bonds is 13. The fraction of sp³-hybridized carbons (Fsp3) is 0.297. The second kappa shape index (κ2) is 15.7. The summed E-state index contributed by atoms with van der Waals surface area (Å²) in [6.07, 6.45) is 0.384. The monoisotopic (exact) mass is 646 g/mol. The van der Waals surface area contributed by atoms with Gasteiger partial charge in [0.2, 0.25) is 0 Å². The molecule has 3 N–H and O–H groups in total. The molecule has 0 bridgehead atoms. The SMILES string of the molecule is COC(=O)C[C@H](O)C[C@H](O)C=Cc1c(-c2ccc(F)cc2)c(-c2ccc(F)cc2)c(C(=O)N[C@H](C)c2ccc(OC)cc2)n1C(C)C. The number of amides is 1. The first kappa shape index (κ1) is 35.1. The van der Waals surface area contributed by atoms with E-state index in [-0.39, 0.29) is 24.6 Å². The molecular weight excluding hydrogens is 606 g/mol. The van der Waals surface area contributed by atoms with Crippen LogP contribution in [0, 0.1) is 11.6 Å². The molecule has 1 aromatic heterocycles. The number of benzene rings is 3. The first-order valence-electron chi connectivity index (χ1n) is 15.3. The van der Waals surface area contributed by atoms with E-state index in [0.29, 0.717) is 33.7 Å². The topological polar surface area (TPSA) is 110 Å². The summed E-state index contributed by atoms with van der Waals surface area (Å²) in [6, 6.07) is 18.2. The van der Waals surface area contributed by atoms with Gasteiger partial charge in [-0.2, -0.15) is 0 Å². The Kier molecular flexibility index (Phi) is 11.7. The highest BCUT2D eigenvalue weighted by atomic mass is 19.1. The van der Waals surface area contributed by atoms with Crippen LogP contribution in [0.2, 0.25) is 0 Å². The van der Waals surface area contributed by atoms with Crippen molar-refractivity contribution in [3.63, 3.8) is 0 Å². The molecule has 3 atom stereocenters. The molecule has 4 aromatic rings. The van der Waals surface area contributed by atoms with E-state index in [1.54, 1.807) is 37.5 Å². The van der Waals surface area contributed by atoms with E-state index < -0.39 is 41.8 Å². The maximum atomic E-state index is 14.4. The van der Waals surface area contributed by atoms with Gasteiger partial charge in [-0.15, -0.1) is 0 Å². The second-order valence-electron chi connectivity index (χ2n) is 11.5. The number of ether oxygens (including phenoxy) is 2. The average Bonchev–Trinajstić information content (AvgIpc) is 3.39. The number of hydrogen-bond acceptors (Lipinski definition) is 6. The average molecular weight is 647 g/mol. The molecule has 0 aliphatic heterocycles. The maximum Gasteiger partial charge on any atom is 0.308 e. The number of nitrogens with one attached hydrogen (secondary N) is 1. The third-order valence-electron chi connectivity index (χ3n) is 7.82. The third-order valence-corrected chi connectivity index (χ3v) is 7.82. The normalized spacial score (nSPS) is 13.4. The zero-order valence-corrected chi connectivity index (χ0v) is 27.0. The molecule has 4 rings (SSSR count). The summed E-state index contributed by atoms with van der Waals surface area (Å²) in [6.45, 7) is 5.67. The molecule has 1 amide bonds. The van der Waals surface area contributed by atoms with Gasteiger partial charge in [-0.1, -0.05) is 42.5 Å². The highest BCUT2D eigenvalue weighted by Crippen LogP contribution is 2.43. The Morgan fingerprint density at radius 1 is 0.851 bits per heavy atom. The Hall–Kier alpha value is -4.80. The molecule has 0 aliphatic carbocycles. The quantitative estimate of drug-likeness (QED) is 0.137. The number of nitrogens with zero attached hydrogens (tertiary/aromatic N) is 1. The summed E-state index contributed by atoms with van der Waals surface area (Å²) >= 11 is 0. The van der Waals surface area contributed by atoms with Gasteiger partial charge in [0, 0.05) is 29.3 Å². The Balaban J connectivity index is 1.91. The number of aliphatic hydroxyl groups excluding tert-OH is 2. The van der Waals surface area contributed by atoms with Crippen LogP contribution in [0.1, 0.15) is 67.4 Å². The highest BCUT2D eigenvalue weighted by molar-refractivity contribution is 6.06. The van der Waals surface area contributed by atoms with Crippen molar-refractivity contribution in [2.75, 3.05) is 14.2 Å². The lowest BCUT2D eigenvalue weighted by Gasteiger charge is -2.20. The van der Waals surface area contributed by atoms with Crippen LogP contribution in [-0.2, 0) is 9.53 Å². The molecule has 10 heteroatoms. The number of halogens is 2. The van der Waals surface area contributed by atoms with Crippen LogP contribution in [0.25, 0.3) is 28.3 Å². The molecular formula is C37H40F2N2O6. The molecule has 8 nitrogen and oxygen atoms in total. The molecule has 1 heterocycles.